The fraction of sp³-hybridized carbons (Fsp3) is 0.370. The van der Waals surface area contributed by atoms with Gasteiger partial charge >= 0.3 is 6.18 Å². The molecule has 0 bridgehead atoms. The van der Waals surface area contributed by atoms with E-state index in [1.165, 1.54) is 24.3 Å². The van der Waals surface area contributed by atoms with Crippen LogP contribution < -0.4 is 9.47 Å². The molecule has 1 aliphatic carbocycles. The molecule has 1 heterocycles. The molecule has 3 aromatic rings. The summed E-state index contributed by atoms with van der Waals surface area (Å²) in [4.78, 5) is 4.27. The highest BCUT2D eigenvalue weighted by Gasteiger charge is 2.34. The minimum atomic E-state index is -4.70. The predicted molar refractivity (Wildman–Crippen MR) is 132 cm³/mol. The van der Waals surface area contributed by atoms with Crippen molar-refractivity contribution in [2.45, 2.75) is 39.0 Å². The fourth-order valence-electron chi connectivity index (χ4n) is 4.39. The summed E-state index contributed by atoms with van der Waals surface area (Å²) in [5, 5.41) is 0. The number of hydrogen-bond acceptors (Lipinski definition) is 5. The SMILES string of the molecule is C[C@@H]1Cc2cnc(OCc3cc(-c4ccc(OCCCS(C)(=O)=O)cc4C(F)(F)F)ccc3F)cc2C1. The van der Waals surface area contributed by atoms with Gasteiger partial charge in [0.2, 0.25) is 5.88 Å². The van der Waals surface area contributed by atoms with Crippen molar-refractivity contribution in [1.29, 1.82) is 0 Å². The second-order valence-corrected chi connectivity index (χ2v) is 11.7. The van der Waals surface area contributed by atoms with E-state index in [9.17, 15) is 26.0 Å². The highest BCUT2D eigenvalue weighted by Crippen LogP contribution is 2.39. The third-order valence-corrected chi connectivity index (χ3v) is 7.18. The van der Waals surface area contributed by atoms with E-state index in [0.29, 0.717) is 11.8 Å². The molecular formula is C27H27F4NO4S. The molecule has 0 fully saturated rings. The number of ether oxygens (including phenoxy) is 2. The Labute approximate surface area is 213 Å². The summed E-state index contributed by atoms with van der Waals surface area (Å²) >= 11 is 0. The molecule has 37 heavy (non-hydrogen) atoms. The number of aromatic nitrogens is 1. The molecule has 0 unspecified atom stereocenters. The van der Waals surface area contributed by atoms with E-state index >= 15 is 0 Å². The van der Waals surface area contributed by atoms with Crippen LogP contribution in [0.4, 0.5) is 17.6 Å². The van der Waals surface area contributed by atoms with Gasteiger partial charge in [0, 0.05) is 24.1 Å². The summed E-state index contributed by atoms with van der Waals surface area (Å²) in [6.45, 7) is 1.91. The van der Waals surface area contributed by atoms with Gasteiger partial charge in [0.15, 0.2) is 0 Å². The van der Waals surface area contributed by atoms with Gasteiger partial charge < -0.3 is 9.47 Å². The number of benzene rings is 2. The second kappa shape index (κ2) is 10.7. The van der Waals surface area contributed by atoms with Crippen LogP contribution in [0, 0.1) is 11.7 Å². The van der Waals surface area contributed by atoms with E-state index in [4.69, 9.17) is 9.47 Å². The van der Waals surface area contributed by atoms with Gasteiger partial charge in [0.05, 0.1) is 17.9 Å². The Bertz CT molecular complexity index is 1390. The first-order valence-electron chi connectivity index (χ1n) is 11.8. The Morgan fingerprint density at radius 3 is 2.51 bits per heavy atom. The molecule has 198 valence electrons. The Kier molecular flexibility index (Phi) is 7.77. The lowest BCUT2D eigenvalue weighted by Crippen LogP contribution is -2.10. The minimum Gasteiger partial charge on any atom is -0.494 e. The number of pyridine rings is 1. The van der Waals surface area contributed by atoms with Crippen LogP contribution in [-0.4, -0.2) is 32.0 Å². The van der Waals surface area contributed by atoms with Crippen molar-refractivity contribution in [3.63, 3.8) is 0 Å². The van der Waals surface area contributed by atoms with Crippen LogP contribution in [0.2, 0.25) is 0 Å². The molecule has 0 N–H and O–H groups in total. The molecule has 0 amide bonds. The average Bonchev–Trinajstić information content (AvgIpc) is 3.19. The topological polar surface area (TPSA) is 65.5 Å². The van der Waals surface area contributed by atoms with Gasteiger partial charge in [0.25, 0.3) is 0 Å². The van der Waals surface area contributed by atoms with E-state index in [1.54, 1.807) is 6.20 Å². The number of rotatable bonds is 9. The highest BCUT2D eigenvalue weighted by molar-refractivity contribution is 7.90. The predicted octanol–water partition coefficient (Wildman–Crippen LogP) is 6.03. The zero-order valence-electron chi connectivity index (χ0n) is 20.4. The summed E-state index contributed by atoms with van der Waals surface area (Å²) in [5.41, 5.74) is 1.49. The van der Waals surface area contributed by atoms with Gasteiger partial charge in [-0.25, -0.2) is 17.8 Å². The van der Waals surface area contributed by atoms with E-state index in [0.717, 1.165) is 42.4 Å². The molecule has 0 radical (unpaired) electrons. The molecule has 0 saturated heterocycles. The molecule has 1 atom stereocenters. The lowest BCUT2D eigenvalue weighted by Gasteiger charge is -2.16. The Balaban J connectivity index is 1.53. The van der Waals surface area contributed by atoms with Crippen LogP contribution in [0.15, 0.2) is 48.7 Å². The van der Waals surface area contributed by atoms with Crippen LogP contribution in [-0.2, 0) is 35.5 Å². The van der Waals surface area contributed by atoms with Gasteiger partial charge in [-0.2, -0.15) is 13.2 Å². The summed E-state index contributed by atoms with van der Waals surface area (Å²) in [6, 6.07) is 9.06. The number of sulfone groups is 1. The number of hydrogen-bond donors (Lipinski definition) is 0. The van der Waals surface area contributed by atoms with Gasteiger partial charge in [-0.3, -0.25) is 0 Å². The maximum atomic E-state index is 14.5. The lowest BCUT2D eigenvalue weighted by atomic mass is 9.97. The first kappa shape index (κ1) is 26.9. The van der Waals surface area contributed by atoms with Crippen LogP contribution in [0.25, 0.3) is 11.1 Å². The van der Waals surface area contributed by atoms with Crippen molar-refractivity contribution in [1.82, 2.24) is 4.98 Å². The van der Waals surface area contributed by atoms with Crippen molar-refractivity contribution in [3.05, 3.63) is 76.7 Å². The molecule has 4 rings (SSSR count). The highest BCUT2D eigenvalue weighted by atomic mass is 32.2. The lowest BCUT2D eigenvalue weighted by molar-refractivity contribution is -0.137. The Hall–Kier alpha value is -3.14. The normalized spacial score (nSPS) is 15.5. The Morgan fingerprint density at radius 1 is 1.03 bits per heavy atom. The molecule has 1 aliphatic rings. The fourth-order valence-corrected chi connectivity index (χ4v) is 5.04. The first-order chi connectivity index (χ1) is 17.4. The van der Waals surface area contributed by atoms with Gasteiger partial charge in [-0.15, -0.1) is 0 Å². The largest absolute Gasteiger partial charge is 0.494 e. The number of nitrogens with zero attached hydrogens (tertiary/aromatic N) is 1. The van der Waals surface area contributed by atoms with Gasteiger partial charge in [-0.1, -0.05) is 19.1 Å². The third kappa shape index (κ3) is 7.00. The van der Waals surface area contributed by atoms with Crippen molar-refractivity contribution in [2.24, 2.45) is 5.92 Å². The Morgan fingerprint density at radius 2 is 1.78 bits per heavy atom. The van der Waals surface area contributed by atoms with Crippen molar-refractivity contribution in [3.8, 4) is 22.8 Å². The summed E-state index contributed by atoms with van der Waals surface area (Å²) in [5.74, 6) is 0.0991. The van der Waals surface area contributed by atoms with Crippen LogP contribution in [0.3, 0.4) is 0 Å². The van der Waals surface area contributed by atoms with Gasteiger partial charge in [0.1, 0.15) is 28.0 Å². The molecule has 5 nitrogen and oxygen atoms in total. The number of fused-ring (bicyclic) bond motifs is 1. The minimum absolute atomic E-state index is 0.0350. The van der Waals surface area contributed by atoms with Crippen LogP contribution in [0.1, 0.15) is 35.6 Å². The standard InChI is InChI=1S/C27H27F4NO4S/c1-17-10-19-13-26(32-15-20(19)11-17)36-16-21-12-18(4-7-25(21)28)23-6-5-22(14-24(23)27(29,30)31)35-8-3-9-37(2,33)34/h4-7,12-15,17H,3,8-11,16H2,1-2H3/t17-/m0/s1. The number of alkyl halides is 3. The first-order valence-corrected chi connectivity index (χ1v) is 13.9. The quantitative estimate of drug-likeness (QED) is 0.246. The zero-order valence-corrected chi connectivity index (χ0v) is 21.3. The van der Waals surface area contributed by atoms with E-state index in [2.05, 4.69) is 11.9 Å². The van der Waals surface area contributed by atoms with Crippen molar-refractivity contribution < 1.29 is 35.5 Å². The van der Waals surface area contributed by atoms with Crippen molar-refractivity contribution in [2.75, 3.05) is 18.6 Å². The van der Waals surface area contributed by atoms with E-state index < -0.39 is 27.4 Å². The molecule has 2 aromatic carbocycles. The summed E-state index contributed by atoms with van der Waals surface area (Å²) in [6.07, 6.45) is 0.149. The smallest absolute Gasteiger partial charge is 0.417 e. The molecule has 0 saturated carbocycles. The van der Waals surface area contributed by atoms with Crippen LogP contribution >= 0.6 is 0 Å². The maximum absolute atomic E-state index is 14.5. The molecule has 0 spiro atoms. The summed E-state index contributed by atoms with van der Waals surface area (Å²) in [7, 11) is -3.19. The monoisotopic (exact) mass is 537 g/mol. The van der Waals surface area contributed by atoms with E-state index in [1.807, 2.05) is 6.07 Å². The molecule has 10 heteroatoms. The number of halogens is 4. The second-order valence-electron chi connectivity index (χ2n) is 9.44. The van der Waals surface area contributed by atoms with Crippen LogP contribution in [0.5, 0.6) is 11.6 Å². The van der Waals surface area contributed by atoms with E-state index in [-0.39, 0.29) is 47.8 Å². The molecule has 1 aromatic heterocycles. The molecule has 0 aliphatic heterocycles. The molecular weight excluding hydrogens is 510 g/mol. The average molecular weight is 538 g/mol. The maximum Gasteiger partial charge on any atom is 0.417 e. The van der Waals surface area contributed by atoms with Gasteiger partial charge in [-0.05, 0) is 71.7 Å². The third-order valence-electron chi connectivity index (χ3n) is 6.15. The van der Waals surface area contributed by atoms with Crippen molar-refractivity contribution >= 4 is 9.84 Å². The zero-order chi connectivity index (χ0) is 26.8. The summed E-state index contributed by atoms with van der Waals surface area (Å²) < 4.78 is 89.7.